The number of aromatic nitrogens is 4. The van der Waals surface area contributed by atoms with Crippen LogP contribution in [0.5, 0.6) is 0 Å². The lowest BCUT2D eigenvalue weighted by atomic mass is 9.95. The number of hydrogen-bond donors (Lipinski definition) is 1. The Balaban J connectivity index is 1.67. The molecule has 1 aliphatic rings. The summed E-state index contributed by atoms with van der Waals surface area (Å²) in [6.45, 7) is 2.46. The van der Waals surface area contributed by atoms with E-state index in [1.807, 2.05) is 49.4 Å². The second-order valence-corrected chi connectivity index (χ2v) is 7.31. The highest BCUT2D eigenvalue weighted by molar-refractivity contribution is 5.79. The highest BCUT2D eigenvalue weighted by Gasteiger charge is 2.40. The van der Waals surface area contributed by atoms with Crippen molar-refractivity contribution in [3.05, 3.63) is 35.9 Å². The third-order valence-corrected chi connectivity index (χ3v) is 4.96. The van der Waals surface area contributed by atoms with Gasteiger partial charge in [-0.1, -0.05) is 0 Å². The van der Waals surface area contributed by atoms with Gasteiger partial charge < -0.3 is 19.9 Å². The summed E-state index contributed by atoms with van der Waals surface area (Å²) in [5.41, 5.74) is 1.99. The Kier molecular flexibility index (Phi) is 6.58. The molecule has 2 atom stereocenters. The Labute approximate surface area is 165 Å². The molecule has 0 aliphatic carbocycles. The third kappa shape index (κ3) is 4.66. The molecule has 0 unspecified atom stereocenters. The minimum atomic E-state index is 0.00610. The topological polar surface area (TPSA) is 88.4 Å². The molecule has 1 aliphatic heterocycles. The highest BCUT2D eigenvalue weighted by Crippen LogP contribution is 2.37. The number of anilines is 1. The summed E-state index contributed by atoms with van der Waals surface area (Å²) >= 11 is 0. The second kappa shape index (κ2) is 9.11. The molecule has 1 amide bonds. The Morgan fingerprint density at radius 3 is 2.89 bits per heavy atom. The molecule has 152 valence electrons. The average molecular weight is 387 g/mol. The van der Waals surface area contributed by atoms with Crippen LogP contribution < -0.4 is 10.2 Å². The Hall–Kier alpha value is -2.52. The number of amides is 1. The minimum absolute atomic E-state index is 0.00610. The summed E-state index contributed by atoms with van der Waals surface area (Å²) in [5.74, 6) is 1.02. The monoisotopic (exact) mass is 387 g/mol. The minimum Gasteiger partial charge on any atom is -0.383 e. The number of nitrogens with zero attached hydrogens (tertiary/aromatic N) is 6. The summed E-state index contributed by atoms with van der Waals surface area (Å²) < 4.78 is 6.98. The summed E-state index contributed by atoms with van der Waals surface area (Å²) in [7, 11) is 7.39. The molecule has 9 heteroatoms. The van der Waals surface area contributed by atoms with Crippen molar-refractivity contribution < 1.29 is 9.53 Å². The van der Waals surface area contributed by atoms with Crippen molar-refractivity contribution in [3.63, 3.8) is 0 Å². The molecule has 28 heavy (non-hydrogen) atoms. The van der Waals surface area contributed by atoms with E-state index in [1.165, 1.54) is 0 Å². The molecule has 3 rings (SSSR count). The average Bonchev–Trinajstić information content (AvgIpc) is 3.23. The first-order valence-corrected chi connectivity index (χ1v) is 9.46. The van der Waals surface area contributed by atoms with E-state index >= 15 is 0 Å². The molecule has 1 saturated heterocycles. The number of carbonyl (C=O) groups excluding carboxylic acids is 1. The molecule has 1 fully saturated rings. The normalized spacial score (nSPS) is 19.4. The van der Waals surface area contributed by atoms with Crippen molar-refractivity contribution in [2.24, 2.45) is 13.0 Å². The summed E-state index contributed by atoms with van der Waals surface area (Å²) in [5, 5.41) is 7.76. The van der Waals surface area contributed by atoms with E-state index in [0.29, 0.717) is 32.1 Å². The Morgan fingerprint density at radius 2 is 2.21 bits per heavy atom. The van der Waals surface area contributed by atoms with Gasteiger partial charge in [0.25, 0.3) is 0 Å². The van der Waals surface area contributed by atoms with Gasteiger partial charge in [-0.15, -0.1) is 0 Å². The number of carbonyl (C=O) groups is 1. The molecule has 2 aromatic heterocycles. The molecule has 9 nitrogen and oxygen atoms in total. The van der Waals surface area contributed by atoms with Gasteiger partial charge in [-0.05, 0) is 6.07 Å². The fourth-order valence-electron chi connectivity index (χ4n) is 3.63. The maximum atomic E-state index is 12.6. The van der Waals surface area contributed by atoms with Crippen molar-refractivity contribution in [3.8, 4) is 0 Å². The van der Waals surface area contributed by atoms with Gasteiger partial charge in [0, 0.05) is 78.2 Å². The van der Waals surface area contributed by atoms with Crippen LogP contribution >= 0.6 is 0 Å². The van der Waals surface area contributed by atoms with Gasteiger partial charge in [-0.2, -0.15) is 5.10 Å². The molecule has 3 heterocycles. The standard InChI is InChI=1S/C19H29N7O2/c1-24(2)19-21-6-5-16(23-19)12-20-10-14-9-17(27)26(7-8-28-4)18(14)15-11-22-25(3)13-15/h5-6,11,13-14,18,20H,7-10,12H2,1-4H3/t14-,18+/m0/s1. The van der Waals surface area contributed by atoms with Crippen LogP contribution in [0.15, 0.2) is 24.7 Å². The van der Waals surface area contributed by atoms with Gasteiger partial charge in [-0.25, -0.2) is 9.97 Å². The van der Waals surface area contributed by atoms with Crippen molar-refractivity contribution in [2.75, 3.05) is 45.8 Å². The number of hydrogen-bond acceptors (Lipinski definition) is 7. The molecule has 0 aromatic carbocycles. The van der Waals surface area contributed by atoms with E-state index in [1.54, 1.807) is 18.0 Å². The number of aryl methyl sites for hydroxylation is 1. The van der Waals surface area contributed by atoms with Crippen LogP contribution in [0.1, 0.15) is 23.7 Å². The summed E-state index contributed by atoms with van der Waals surface area (Å²) in [4.78, 5) is 25.2. The summed E-state index contributed by atoms with van der Waals surface area (Å²) in [6.07, 6.45) is 6.13. The smallest absolute Gasteiger partial charge is 0.225 e. The number of methoxy groups -OCH3 is 1. The SMILES string of the molecule is COCCN1C(=O)C[C@@H](CNCc2ccnc(N(C)C)n2)[C@@H]1c1cnn(C)c1. The van der Waals surface area contributed by atoms with E-state index in [-0.39, 0.29) is 17.9 Å². The van der Waals surface area contributed by atoms with E-state index in [2.05, 4.69) is 20.4 Å². The number of rotatable bonds is 9. The predicted octanol–water partition coefficient (Wildman–Crippen LogP) is 0.602. The number of ether oxygens (including phenoxy) is 1. The first-order chi connectivity index (χ1) is 13.5. The number of likely N-dealkylation sites (tertiary alicyclic amines) is 1. The fourth-order valence-corrected chi connectivity index (χ4v) is 3.63. The Morgan fingerprint density at radius 1 is 1.39 bits per heavy atom. The van der Waals surface area contributed by atoms with Gasteiger partial charge in [0.1, 0.15) is 0 Å². The molecule has 2 aromatic rings. The van der Waals surface area contributed by atoms with Gasteiger partial charge >= 0.3 is 0 Å². The fraction of sp³-hybridized carbons (Fsp3) is 0.579. The van der Waals surface area contributed by atoms with Gasteiger partial charge in [-0.3, -0.25) is 9.48 Å². The van der Waals surface area contributed by atoms with Crippen LogP contribution in [0.2, 0.25) is 0 Å². The van der Waals surface area contributed by atoms with E-state index in [4.69, 9.17) is 4.74 Å². The van der Waals surface area contributed by atoms with E-state index in [0.717, 1.165) is 17.8 Å². The molecular weight excluding hydrogens is 358 g/mol. The van der Waals surface area contributed by atoms with E-state index < -0.39 is 0 Å². The quantitative estimate of drug-likeness (QED) is 0.674. The second-order valence-electron chi connectivity index (χ2n) is 7.31. The van der Waals surface area contributed by atoms with Gasteiger partial charge in [0.15, 0.2) is 0 Å². The lowest BCUT2D eigenvalue weighted by Gasteiger charge is -2.27. The molecular formula is C19H29N7O2. The maximum absolute atomic E-state index is 12.6. The zero-order chi connectivity index (χ0) is 20.1. The van der Waals surface area contributed by atoms with Crippen LogP contribution in [0.25, 0.3) is 0 Å². The lowest BCUT2D eigenvalue weighted by Crippen LogP contribution is -2.33. The van der Waals surface area contributed by atoms with Crippen molar-refractivity contribution in [1.29, 1.82) is 0 Å². The largest absolute Gasteiger partial charge is 0.383 e. The molecule has 0 spiro atoms. The van der Waals surface area contributed by atoms with Crippen molar-refractivity contribution >= 4 is 11.9 Å². The highest BCUT2D eigenvalue weighted by atomic mass is 16.5. The Bertz CT molecular complexity index is 792. The molecule has 0 bridgehead atoms. The first-order valence-electron chi connectivity index (χ1n) is 9.46. The van der Waals surface area contributed by atoms with Crippen molar-refractivity contribution in [2.45, 2.75) is 19.0 Å². The van der Waals surface area contributed by atoms with Crippen LogP contribution in [0.3, 0.4) is 0 Å². The first kappa shape index (κ1) is 20.2. The van der Waals surface area contributed by atoms with E-state index in [9.17, 15) is 4.79 Å². The maximum Gasteiger partial charge on any atom is 0.225 e. The third-order valence-electron chi connectivity index (χ3n) is 4.96. The number of nitrogens with one attached hydrogen (secondary N) is 1. The lowest BCUT2D eigenvalue weighted by molar-refractivity contribution is -0.129. The zero-order valence-corrected chi connectivity index (χ0v) is 17.0. The van der Waals surface area contributed by atoms with Crippen LogP contribution in [-0.2, 0) is 23.1 Å². The van der Waals surface area contributed by atoms with Crippen LogP contribution in [0.4, 0.5) is 5.95 Å². The van der Waals surface area contributed by atoms with Gasteiger partial charge in [0.05, 0.1) is 24.5 Å². The van der Waals surface area contributed by atoms with Gasteiger partial charge in [0.2, 0.25) is 11.9 Å². The zero-order valence-electron chi connectivity index (χ0n) is 17.0. The molecule has 1 N–H and O–H groups in total. The predicted molar refractivity (Wildman–Crippen MR) is 106 cm³/mol. The summed E-state index contributed by atoms with van der Waals surface area (Å²) in [6, 6.07) is 1.91. The van der Waals surface area contributed by atoms with Crippen molar-refractivity contribution in [1.82, 2.24) is 30.0 Å². The molecule has 0 radical (unpaired) electrons. The van der Waals surface area contributed by atoms with Crippen LogP contribution in [-0.4, -0.2) is 71.5 Å². The van der Waals surface area contributed by atoms with Crippen LogP contribution in [0, 0.1) is 5.92 Å². The molecule has 0 saturated carbocycles.